The Kier molecular flexibility index (Phi) is 6.48. The summed E-state index contributed by atoms with van der Waals surface area (Å²) in [5, 5.41) is 3.26. The molecular weight excluding hydrogens is 321 g/mol. The molecule has 2 rings (SSSR count). The predicted octanol–water partition coefficient (Wildman–Crippen LogP) is 3.07. The number of halogens is 3. The first kappa shape index (κ1) is 18.6. The summed E-state index contributed by atoms with van der Waals surface area (Å²) < 4.78 is 42.9. The molecule has 1 saturated heterocycles. The molecule has 0 saturated carbocycles. The van der Waals surface area contributed by atoms with E-state index in [2.05, 4.69) is 5.32 Å². The molecule has 0 radical (unpaired) electrons. The zero-order valence-corrected chi connectivity index (χ0v) is 13.7. The topological polar surface area (TPSA) is 41.6 Å². The van der Waals surface area contributed by atoms with Gasteiger partial charge in [0.1, 0.15) is 5.75 Å². The van der Waals surface area contributed by atoms with E-state index >= 15 is 0 Å². The normalized spacial score (nSPS) is 16.0. The van der Waals surface area contributed by atoms with Crippen molar-refractivity contribution in [2.24, 2.45) is 0 Å². The molecule has 1 aromatic carbocycles. The molecule has 0 aliphatic carbocycles. The number of amides is 1. The molecule has 0 unspecified atom stereocenters. The summed E-state index contributed by atoms with van der Waals surface area (Å²) in [4.78, 5) is 14.3. The van der Waals surface area contributed by atoms with Gasteiger partial charge in [0.25, 0.3) is 5.91 Å². The van der Waals surface area contributed by atoms with Crippen LogP contribution in [0.4, 0.5) is 13.2 Å². The van der Waals surface area contributed by atoms with Crippen molar-refractivity contribution in [2.45, 2.75) is 38.4 Å². The Bertz CT molecular complexity index is 526. The largest absolute Gasteiger partial charge is 0.484 e. The average molecular weight is 344 g/mol. The monoisotopic (exact) mass is 344 g/mol. The fourth-order valence-corrected chi connectivity index (χ4v) is 2.84. The van der Waals surface area contributed by atoms with E-state index in [0.717, 1.165) is 44.5 Å². The lowest BCUT2D eigenvalue weighted by atomic mass is 10.0. The second kappa shape index (κ2) is 8.37. The summed E-state index contributed by atoms with van der Waals surface area (Å²) in [7, 11) is 0. The zero-order chi connectivity index (χ0) is 17.6. The second-order valence-corrected chi connectivity index (χ2v) is 5.88. The highest BCUT2D eigenvalue weighted by atomic mass is 19.4. The van der Waals surface area contributed by atoms with E-state index in [1.807, 2.05) is 11.8 Å². The highest BCUT2D eigenvalue weighted by Gasteiger charge is 2.30. The molecular formula is C17H23F3N2O2. The van der Waals surface area contributed by atoms with Crippen molar-refractivity contribution in [2.75, 3.05) is 26.2 Å². The average Bonchev–Trinajstić information content (AvgIpc) is 2.58. The summed E-state index contributed by atoms with van der Waals surface area (Å²) in [6.07, 6.45) is -1.70. The third-order valence-electron chi connectivity index (χ3n) is 4.08. The molecule has 0 bridgehead atoms. The first-order valence-electron chi connectivity index (χ1n) is 8.22. The number of hydrogen-bond acceptors (Lipinski definition) is 3. The van der Waals surface area contributed by atoms with Gasteiger partial charge in [-0.2, -0.15) is 13.2 Å². The van der Waals surface area contributed by atoms with Crippen LogP contribution in [0.3, 0.4) is 0 Å². The number of piperidine rings is 1. The van der Waals surface area contributed by atoms with Crippen LogP contribution >= 0.6 is 0 Å². The van der Waals surface area contributed by atoms with Crippen LogP contribution in [0, 0.1) is 0 Å². The van der Waals surface area contributed by atoms with E-state index in [1.165, 1.54) is 12.1 Å². The summed E-state index contributed by atoms with van der Waals surface area (Å²) >= 11 is 0. The Balaban J connectivity index is 1.92. The van der Waals surface area contributed by atoms with Gasteiger partial charge in [0.15, 0.2) is 6.61 Å². The summed E-state index contributed by atoms with van der Waals surface area (Å²) in [5.74, 6) is 0.141. The molecule has 7 heteroatoms. The minimum absolute atomic E-state index is 0.122. The van der Waals surface area contributed by atoms with Crippen molar-refractivity contribution >= 4 is 5.91 Å². The molecule has 1 heterocycles. The fraction of sp³-hybridized carbons (Fsp3) is 0.588. The molecule has 1 N–H and O–H groups in total. The molecule has 1 fully saturated rings. The van der Waals surface area contributed by atoms with Gasteiger partial charge in [0.05, 0.1) is 5.56 Å². The van der Waals surface area contributed by atoms with Crippen LogP contribution in [0.5, 0.6) is 5.75 Å². The van der Waals surface area contributed by atoms with E-state index in [1.54, 1.807) is 0 Å². The molecule has 0 atom stereocenters. The van der Waals surface area contributed by atoms with E-state index in [9.17, 15) is 18.0 Å². The third-order valence-corrected chi connectivity index (χ3v) is 4.08. The molecule has 1 amide bonds. The number of ether oxygens (including phenoxy) is 1. The van der Waals surface area contributed by atoms with Crippen LogP contribution in [-0.2, 0) is 11.0 Å². The van der Waals surface area contributed by atoms with Crippen molar-refractivity contribution in [3.63, 3.8) is 0 Å². The molecule has 134 valence electrons. The van der Waals surface area contributed by atoms with Crippen molar-refractivity contribution in [3.05, 3.63) is 29.8 Å². The lowest BCUT2D eigenvalue weighted by Crippen LogP contribution is -2.48. The number of hydrogen-bond donors (Lipinski definition) is 1. The Morgan fingerprint density at radius 2 is 1.88 bits per heavy atom. The molecule has 24 heavy (non-hydrogen) atoms. The van der Waals surface area contributed by atoms with Gasteiger partial charge in [-0.3, -0.25) is 4.79 Å². The second-order valence-electron chi connectivity index (χ2n) is 5.88. The molecule has 1 aliphatic rings. The summed E-state index contributed by atoms with van der Waals surface area (Å²) in [6, 6.07) is 4.59. The Hall–Kier alpha value is -1.76. The van der Waals surface area contributed by atoms with Crippen molar-refractivity contribution < 1.29 is 22.7 Å². The van der Waals surface area contributed by atoms with Gasteiger partial charge in [-0.15, -0.1) is 0 Å². The molecule has 1 aliphatic heterocycles. The van der Waals surface area contributed by atoms with E-state index < -0.39 is 11.7 Å². The third kappa shape index (κ3) is 5.12. The number of nitrogens with zero attached hydrogens (tertiary/aromatic N) is 1. The van der Waals surface area contributed by atoms with Gasteiger partial charge >= 0.3 is 6.18 Å². The number of carbonyl (C=O) groups is 1. The highest BCUT2D eigenvalue weighted by Crippen LogP contribution is 2.30. The van der Waals surface area contributed by atoms with Crippen LogP contribution in [0.2, 0.25) is 0 Å². The van der Waals surface area contributed by atoms with Crippen LogP contribution in [0.15, 0.2) is 24.3 Å². The van der Waals surface area contributed by atoms with Gasteiger partial charge < -0.3 is 15.0 Å². The number of nitrogens with one attached hydrogen (secondary N) is 1. The smallest absolute Gasteiger partial charge is 0.416 e. The van der Waals surface area contributed by atoms with Gasteiger partial charge in [-0.05, 0) is 56.6 Å². The van der Waals surface area contributed by atoms with Crippen molar-refractivity contribution in [1.29, 1.82) is 0 Å². The molecule has 0 spiro atoms. The van der Waals surface area contributed by atoms with Crippen LogP contribution in [0.25, 0.3) is 0 Å². The van der Waals surface area contributed by atoms with Crippen LogP contribution in [0.1, 0.15) is 31.7 Å². The van der Waals surface area contributed by atoms with E-state index in [-0.39, 0.29) is 24.3 Å². The first-order chi connectivity index (χ1) is 11.4. The van der Waals surface area contributed by atoms with Crippen LogP contribution < -0.4 is 10.1 Å². The molecule has 1 aromatic rings. The lowest BCUT2D eigenvalue weighted by molar-refractivity contribution is -0.138. The number of carbonyl (C=O) groups excluding carboxylic acids is 1. The van der Waals surface area contributed by atoms with Crippen molar-refractivity contribution in [3.8, 4) is 5.75 Å². The van der Waals surface area contributed by atoms with E-state index in [4.69, 9.17) is 4.74 Å². The minimum atomic E-state index is -4.37. The molecule has 4 nitrogen and oxygen atoms in total. The molecule has 0 aromatic heterocycles. The fourth-order valence-electron chi connectivity index (χ4n) is 2.84. The number of benzene rings is 1. The maximum absolute atomic E-state index is 12.5. The summed E-state index contributed by atoms with van der Waals surface area (Å²) in [6.45, 7) is 4.29. The predicted molar refractivity (Wildman–Crippen MR) is 84.8 cm³/mol. The maximum Gasteiger partial charge on any atom is 0.416 e. The highest BCUT2D eigenvalue weighted by molar-refractivity contribution is 5.78. The number of alkyl halides is 3. The van der Waals surface area contributed by atoms with Gasteiger partial charge in [0.2, 0.25) is 0 Å². The maximum atomic E-state index is 12.5. The van der Waals surface area contributed by atoms with Gasteiger partial charge in [-0.1, -0.05) is 6.92 Å². The lowest BCUT2D eigenvalue weighted by Gasteiger charge is -2.34. The SMILES string of the molecule is CCCN(C(=O)COc1ccc(C(F)(F)F)cc1)C1CCNCC1. The number of rotatable bonds is 6. The van der Waals surface area contributed by atoms with Crippen LogP contribution in [-0.4, -0.2) is 43.1 Å². The Labute approximate surface area is 140 Å². The minimum Gasteiger partial charge on any atom is -0.484 e. The van der Waals surface area contributed by atoms with Crippen molar-refractivity contribution in [1.82, 2.24) is 10.2 Å². The Morgan fingerprint density at radius 3 is 2.42 bits per heavy atom. The summed E-state index contributed by atoms with van der Waals surface area (Å²) in [5.41, 5.74) is -0.733. The standard InChI is InChI=1S/C17H23F3N2O2/c1-2-11-22(14-7-9-21-10-8-14)16(23)12-24-15-5-3-13(4-6-15)17(18,19)20/h3-6,14,21H,2,7-12H2,1H3. The zero-order valence-electron chi connectivity index (χ0n) is 13.7. The van der Waals surface area contributed by atoms with Gasteiger partial charge in [0, 0.05) is 12.6 Å². The quantitative estimate of drug-likeness (QED) is 0.862. The first-order valence-corrected chi connectivity index (χ1v) is 8.22. The van der Waals surface area contributed by atoms with Gasteiger partial charge in [-0.25, -0.2) is 0 Å². The van der Waals surface area contributed by atoms with E-state index in [0.29, 0.717) is 6.54 Å². The Morgan fingerprint density at radius 1 is 1.25 bits per heavy atom.